The van der Waals surface area contributed by atoms with Crippen molar-refractivity contribution in [2.45, 2.75) is 11.8 Å². The molecular formula is C10H11IN2O2S. The number of sulfonamides is 1. The van der Waals surface area contributed by atoms with E-state index in [-0.39, 0.29) is 4.90 Å². The second-order valence-electron chi connectivity index (χ2n) is 3.18. The van der Waals surface area contributed by atoms with E-state index in [2.05, 4.69) is 27.3 Å². The maximum absolute atomic E-state index is 11.7. The average Bonchev–Trinajstić information content (AvgIpc) is 2.26. The van der Waals surface area contributed by atoms with Crippen LogP contribution in [0, 0.1) is 18.3 Å². The first-order valence-electron chi connectivity index (χ1n) is 4.57. The Morgan fingerprint density at radius 1 is 1.50 bits per heavy atom. The SMILES string of the molecule is Cc1cc(S(=O)(=O)NCCI)ccc1C#N. The third-order valence-electron chi connectivity index (χ3n) is 2.02. The van der Waals surface area contributed by atoms with E-state index in [9.17, 15) is 8.42 Å². The molecule has 4 nitrogen and oxygen atoms in total. The van der Waals surface area contributed by atoms with Crippen molar-refractivity contribution >= 4 is 32.6 Å². The van der Waals surface area contributed by atoms with Crippen molar-refractivity contribution in [2.75, 3.05) is 11.0 Å². The molecule has 0 aliphatic carbocycles. The van der Waals surface area contributed by atoms with Crippen LogP contribution in [0.15, 0.2) is 23.1 Å². The lowest BCUT2D eigenvalue weighted by molar-refractivity contribution is 0.584. The molecule has 0 saturated heterocycles. The predicted molar refractivity (Wildman–Crippen MR) is 70.0 cm³/mol. The van der Waals surface area contributed by atoms with E-state index in [1.165, 1.54) is 18.2 Å². The van der Waals surface area contributed by atoms with Crippen molar-refractivity contribution < 1.29 is 8.42 Å². The molecule has 16 heavy (non-hydrogen) atoms. The summed E-state index contributed by atoms with van der Waals surface area (Å²) >= 11 is 2.09. The van der Waals surface area contributed by atoms with Crippen LogP contribution in [0.2, 0.25) is 0 Å². The zero-order chi connectivity index (χ0) is 12.2. The van der Waals surface area contributed by atoms with Gasteiger partial charge in [0.1, 0.15) is 0 Å². The van der Waals surface area contributed by atoms with Gasteiger partial charge in [-0.1, -0.05) is 22.6 Å². The number of nitrogens with zero attached hydrogens (tertiary/aromatic N) is 1. The number of alkyl halides is 1. The fourth-order valence-electron chi connectivity index (χ4n) is 1.19. The van der Waals surface area contributed by atoms with Gasteiger partial charge in [0.15, 0.2) is 0 Å². The number of rotatable bonds is 4. The van der Waals surface area contributed by atoms with E-state index in [4.69, 9.17) is 5.26 Å². The molecule has 0 heterocycles. The molecule has 86 valence electrons. The largest absolute Gasteiger partial charge is 0.240 e. The summed E-state index contributed by atoms with van der Waals surface area (Å²) < 4.78 is 26.7. The molecule has 1 aromatic rings. The summed E-state index contributed by atoms with van der Waals surface area (Å²) in [6, 6.07) is 6.48. The highest BCUT2D eigenvalue weighted by molar-refractivity contribution is 14.1. The van der Waals surface area contributed by atoms with E-state index in [0.717, 1.165) is 0 Å². The van der Waals surface area contributed by atoms with Gasteiger partial charge in [0, 0.05) is 11.0 Å². The van der Waals surface area contributed by atoms with Gasteiger partial charge in [0.2, 0.25) is 10.0 Å². The van der Waals surface area contributed by atoms with Crippen molar-refractivity contribution in [3.63, 3.8) is 0 Å². The number of halogens is 1. The molecule has 1 aromatic carbocycles. The fraction of sp³-hybridized carbons (Fsp3) is 0.300. The molecular weight excluding hydrogens is 339 g/mol. The van der Waals surface area contributed by atoms with Gasteiger partial charge >= 0.3 is 0 Å². The van der Waals surface area contributed by atoms with Crippen LogP contribution >= 0.6 is 22.6 Å². The smallest absolute Gasteiger partial charge is 0.210 e. The Morgan fingerprint density at radius 2 is 2.19 bits per heavy atom. The fourth-order valence-corrected chi connectivity index (χ4v) is 2.94. The molecule has 0 aliphatic rings. The summed E-state index contributed by atoms with van der Waals surface area (Å²) in [5, 5.41) is 8.74. The molecule has 0 aromatic heterocycles. The van der Waals surface area contributed by atoms with Gasteiger partial charge in [-0.25, -0.2) is 13.1 Å². The van der Waals surface area contributed by atoms with Crippen LogP contribution in [0.5, 0.6) is 0 Å². The molecule has 0 amide bonds. The van der Waals surface area contributed by atoms with Crippen LogP contribution in [0.4, 0.5) is 0 Å². The first-order chi connectivity index (χ1) is 7.51. The minimum atomic E-state index is -3.43. The third kappa shape index (κ3) is 3.17. The summed E-state index contributed by atoms with van der Waals surface area (Å²) in [7, 11) is -3.43. The normalized spacial score (nSPS) is 11.1. The van der Waals surface area contributed by atoms with Gasteiger partial charge in [0.05, 0.1) is 16.5 Å². The number of hydrogen-bond donors (Lipinski definition) is 1. The van der Waals surface area contributed by atoms with E-state index < -0.39 is 10.0 Å². The topological polar surface area (TPSA) is 70.0 Å². The molecule has 0 saturated carbocycles. The van der Waals surface area contributed by atoms with Gasteiger partial charge in [-0.05, 0) is 30.7 Å². The van der Waals surface area contributed by atoms with Gasteiger partial charge < -0.3 is 0 Å². The van der Waals surface area contributed by atoms with Crippen molar-refractivity contribution in [1.29, 1.82) is 5.26 Å². The first-order valence-corrected chi connectivity index (χ1v) is 7.58. The summed E-state index contributed by atoms with van der Waals surface area (Å²) in [4.78, 5) is 0.203. The van der Waals surface area contributed by atoms with Crippen LogP contribution in [-0.2, 0) is 10.0 Å². The Kier molecular flexibility index (Phi) is 4.70. The number of nitriles is 1. The zero-order valence-electron chi connectivity index (χ0n) is 8.70. The Morgan fingerprint density at radius 3 is 2.69 bits per heavy atom. The third-order valence-corrected chi connectivity index (χ3v) is 4.01. The highest BCUT2D eigenvalue weighted by atomic mass is 127. The first kappa shape index (κ1) is 13.4. The van der Waals surface area contributed by atoms with Crippen LogP contribution in [0.25, 0.3) is 0 Å². The molecule has 0 aliphatic heterocycles. The average molecular weight is 350 g/mol. The molecule has 0 radical (unpaired) electrons. The van der Waals surface area contributed by atoms with Crippen LogP contribution in [-0.4, -0.2) is 19.4 Å². The Balaban J connectivity index is 3.07. The van der Waals surface area contributed by atoms with Crippen molar-refractivity contribution in [3.05, 3.63) is 29.3 Å². The van der Waals surface area contributed by atoms with Gasteiger partial charge in [-0.3, -0.25) is 0 Å². The lowest BCUT2D eigenvalue weighted by Crippen LogP contribution is -2.25. The molecule has 1 N–H and O–H groups in total. The Hall–Kier alpha value is -0.650. The predicted octanol–water partition coefficient (Wildman–Crippen LogP) is 1.58. The Labute approximate surface area is 109 Å². The molecule has 0 fully saturated rings. The van der Waals surface area contributed by atoms with Gasteiger partial charge in [0.25, 0.3) is 0 Å². The second kappa shape index (κ2) is 5.61. The number of hydrogen-bond acceptors (Lipinski definition) is 3. The highest BCUT2D eigenvalue weighted by Crippen LogP contribution is 2.14. The lowest BCUT2D eigenvalue weighted by Gasteiger charge is -2.06. The van der Waals surface area contributed by atoms with Crippen LogP contribution < -0.4 is 4.72 Å². The van der Waals surface area contributed by atoms with E-state index in [1.807, 2.05) is 6.07 Å². The summed E-state index contributed by atoms with van der Waals surface area (Å²) in [6.07, 6.45) is 0. The van der Waals surface area contributed by atoms with Gasteiger partial charge in [-0.15, -0.1) is 0 Å². The van der Waals surface area contributed by atoms with E-state index >= 15 is 0 Å². The molecule has 1 rings (SSSR count). The maximum atomic E-state index is 11.7. The minimum absolute atomic E-state index is 0.203. The van der Waals surface area contributed by atoms with Gasteiger partial charge in [-0.2, -0.15) is 5.26 Å². The van der Waals surface area contributed by atoms with E-state index in [1.54, 1.807) is 6.92 Å². The number of benzene rings is 1. The quantitative estimate of drug-likeness (QED) is 0.662. The second-order valence-corrected chi connectivity index (χ2v) is 6.02. The minimum Gasteiger partial charge on any atom is -0.210 e. The lowest BCUT2D eigenvalue weighted by atomic mass is 10.1. The van der Waals surface area contributed by atoms with Crippen molar-refractivity contribution in [3.8, 4) is 6.07 Å². The summed E-state index contributed by atoms with van der Waals surface area (Å²) in [5.41, 5.74) is 1.16. The maximum Gasteiger partial charge on any atom is 0.240 e. The summed E-state index contributed by atoms with van der Waals surface area (Å²) in [6.45, 7) is 2.12. The summed E-state index contributed by atoms with van der Waals surface area (Å²) in [5.74, 6) is 0. The van der Waals surface area contributed by atoms with E-state index in [0.29, 0.717) is 22.1 Å². The molecule has 0 bridgehead atoms. The molecule has 6 heteroatoms. The van der Waals surface area contributed by atoms with Crippen LogP contribution in [0.1, 0.15) is 11.1 Å². The Bertz CT molecular complexity index is 520. The molecule has 0 unspecified atom stereocenters. The molecule has 0 spiro atoms. The molecule has 0 atom stereocenters. The highest BCUT2D eigenvalue weighted by Gasteiger charge is 2.13. The standard InChI is InChI=1S/C10H11IN2O2S/c1-8-6-10(3-2-9(8)7-12)16(14,15)13-5-4-11/h2-3,6,13H,4-5H2,1H3. The monoisotopic (exact) mass is 350 g/mol. The van der Waals surface area contributed by atoms with Crippen molar-refractivity contribution in [2.24, 2.45) is 0 Å². The zero-order valence-corrected chi connectivity index (χ0v) is 11.7. The number of aryl methyl sites for hydroxylation is 1. The van der Waals surface area contributed by atoms with Crippen molar-refractivity contribution in [1.82, 2.24) is 4.72 Å². The number of nitrogens with one attached hydrogen (secondary N) is 1. The van der Waals surface area contributed by atoms with Crippen LogP contribution in [0.3, 0.4) is 0 Å².